The Kier molecular flexibility index (Phi) is 4.45. The number of aliphatic hydroxyl groups is 1. The highest BCUT2D eigenvalue weighted by molar-refractivity contribution is 6.34. The van der Waals surface area contributed by atoms with Gasteiger partial charge >= 0.3 is 0 Å². The standard InChI is InChI=1S/C22H21ClN4O3/c1-12-20(23)22-24-21(13-6-4-5-7-15(13)27(22)25-12)26-10-14-17(29-2)8-9-18(30-3)19(14)16(28)11-26/h4-9,16,28H,10-11H2,1-3H3. The Labute approximate surface area is 178 Å². The lowest BCUT2D eigenvalue weighted by Gasteiger charge is -2.35. The molecule has 1 atom stereocenters. The zero-order chi connectivity index (χ0) is 21.0. The second-order valence-electron chi connectivity index (χ2n) is 7.35. The summed E-state index contributed by atoms with van der Waals surface area (Å²) in [5.74, 6) is 2.10. The number of β-amino-alcohol motifs (C(OH)–C–C–N with tert-alkyl or cyclic N) is 1. The molecule has 1 aliphatic rings. The summed E-state index contributed by atoms with van der Waals surface area (Å²) in [4.78, 5) is 6.92. The minimum Gasteiger partial charge on any atom is -0.496 e. The lowest BCUT2D eigenvalue weighted by Crippen LogP contribution is -2.35. The first-order valence-electron chi connectivity index (χ1n) is 9.63. The molecule has 2 aromatic carbocycles. The number of fused-ring (bicyclic) bond motifs is 4. The monoisotopic (exact) mass is 424 g/mol. The molecule has 0 spiro atoms. The van der Waals surface area contributed by atoms with Crippen molar-refractivity contribution in [3.8, 4) is 11.5 Å². The number of halogens is 1. The predicted molar refractivity (Wildman–Crippen MR) is 116 cm³/mol. The third-order valence-corrected chi connectivity index (χ3v) is 6.08. The van der Waals surface area contributed by atoms with Crippen LogP contribution in [0.1, 0.15) is 22.9 Å². The van der Waals surface area contributed by atoms with Gasteiger partial charge in [-0.2, -0.15) is 5.10 Å². The Hall–Kier alpha value is -3.03. The molecule has 0 aliphatic carbocycles. The maximum atomic E-state index is 11.0. The van der Waals surface area contributed by atoms with E-state index in [1.807, 2.05) is 43.3 Å². The molecule has 0 fully saturated rings. The minimum absolute atomic E-state index is 0.369. The normalized spacial score (nSPS) is 16.2. The van der Waals surface area contributed by atoms with Crippen molar-refractivity contribution in [3.63, 3.8) is 0 Å². The number of anilines is 1. The van der Waals surface area contributed by atoms with Crippen molar-refractivity contribution in [2.75, 3.05) is 25.7 Å². The molecule has 0 radical (unpaired) electrons. The van der Waals surface area contributed by atoms with Crippen LogP contribution in [0.4, 0.5) is 5.82 Å². The minimum atomic E-state index is -0.752. The Morgan fingerprint density at radius 1 is 1.10 bits per heavy atom. The smallest absolute Gasteiger partial charge is 0.176 e. The van der Waals surface area contributed by atoms with Crippen molar-refractivity contribution < 1.29 is 14.6 Å². The molecule has 0 saturated heterocycles. The Morgan fingerprint density at radius 3 is 2.60 bits per heavy atom. The average molecular weight is 425 g/mol. The van der Waals surface area contributed by atoms with Crippen LogP contribution in [0.3, 0.4) is 0 Å². The molecular formula is C22H21ClN4O3. The van der Waals surface area contributed by atoms with E-state index in [9.17, 15) is 5.11 Å². The number of nitrogens with zero attached hydrogens (tertiary/aromatic N) is 4. The molecule has 30 heavy (non-hydrogen) atoms. The second-order valence-corrected chi connectivity index (χ2v) is 7.72. The van der Waals surface area contributed by atoms with Crippen molar-refractivity contribution in [3.05, 3.63) is 58.2 Å². The van der Waals surface area contributed by atoms with E-state index in [1.165, 1.54) is 0 Å². The first-order valence-corrected chi connectivity index (χ1v) is 10.0. The average Bonchev–Trinajstić information content (AvgIpc) is 3.06. The SMILES string of the molecule is COc1ccc(OC)c2c1CN(c1nc3c(Cl)c(C)nn3c3ccccc13)CC2O. The van der Waals surface area contributed by atoms with Gasteiger partial charge in [-0.1, -0.05) is 23.7 Å². The Balaban J connectivity index is 1.73. The summed E-state index contributed by atoms with van der Waals surface area (Å²) in [6, 6.07) is 11.6. The second kappa shape index (κ2) is 7.04. The first kappa shape index (κ1) is 19.0. The number of methoxy groups -OCH3 is 2. The maximum absolute atomic E-state index is 11.0. The van der Waals surface area contributed by atoms with E-state index >= 15 is 0 Å². The van der Waals surface area contributed by atoms with Gasteiger partial charge < -0.3 is 19.5 Å². The molecule has 154 valence electrons. The third-order valence-electron chi connectivity index (χ3n) is 5.64. The summed E-state index contributed by atoms with van der Waals surface area (Å²) >= 11 is 6.50. The van der Waals surface area contributed by atoms with Crippen molar-refractivity contribution >= 4 is 34.0 Å². The molecule has 0 amide bonds. The van der Waals surface area contributed by atoms with Gasteiger partial charge in [0.25, 0.3) is 0 Å². The number of benzene rings is 2. The van der Waals surface area contributed by atoms with Crippen LogP contribution in [0.15, 0.2) is 36.4 Å². The number of hydrogen-bond acceptors (Lipinski definition) is 6. The molecule has 0 bridgehead atoms. The number of para-hydroxylation sites is 1. The molecule has 1 unspecified atom stereocenters. The lowest BCUT2D eigenvalue weighted by molar-refractivity contribution is 0.169. The number of rotatable bonds is 3. The number of aryl methyl sites for hydroxylation is 1. The van der Waals surface area contributed by atoms with E-state index < -0.39 is 6.10 Å². The largest absolute Gasteiger partial charge is 0.496 e. The highest BCUT2D eigenvalue weighted by Gasteiger charge is 2.31. The van der Waals surface area contributed by atoms with Gasteiger partial charge in [0.15, 0.2) is 5.65 Å². The molecule has 4 aromatic rings. The van der Waals surface area contributed by atoms with Crippen molar-refractivity contribution in [2.24, 2.45) is 0 Å². The van der Waals surface area contributed by atoms with E-state index in [1.54, 1.807) is 18.7 Å². The van der Waals surface area contributed by atoms with Crippen LogP contribution in [0.5, 0.6) is 11.5 Å². The van der Waals surface area contributed by atoms with Crippen LogP contribution in [-0.4, -0.2) is 40.5 Å². The molecule has 5 rings (SSSR count). The summed E-state index contributed by atoms with van der Waals surface area (Å²) in [5.41, 5.74) is 3.88. The fourth-order valence-electron chi connectivity index (χ4n) is 4.25. The van der Waals surface area contributed by atoms with Crippen molar-refractivity contribution in [1.29, 1.82) is 0 Å². The molecule has 8 heteroatoms. The van der Waals surface area contributed by atoms with Crippen LogP contribution >= 0.6 is 11.6 Å². The first-order chi connectivity index (χ1) is 14.5. The van der Waals surface area contributed by atoms with Crippen LogP contribution in [0.25, 0.3) is 16.6 Å². The van der Waals surface area contributed by atoms with Gasteiger partial charge in [-0.25, -0.2) is 9.50 Å². The third kappa shape index (κ3) is 2.69. The van der Waals surface area contributed by atoms with Gasteiger partial charge in [0.1, 0.15) is 28.4 Å². The quantitative estimate of drug-likeness (QED) is 0.537. The van der Waals surface area contributed by atoms with Gasteiger partial charge in [-0.15, -0.1) is 0 Å². The zero-order valence-corrected chi connectivity index (χ0v) is 17.6. The summed E-state index contributed by atoms with van der Waals surface area (Å²) in [7, 11) is 3.23. The van der Waals surface area contributed by atoms with E-state index in [2.05, 4.69) is 10.00 Å². The molecule has 7 nitrogen and oxygen atoms in total. The van der Waals surface area contributed by atoms with E-state index in [0.29, 0.717) is 35.3 Å². The molecular weight excluding hydrogens is 404 g/mol. The summed E-state index contributed by atoms with van der Waals surface area (Å²) in [5, 5.41) is 17.0. The summed E-state index contributed by atoms with van der Waals surface area (Å²) < 4.78 is 12.8. The number of hydrogen-bond donors (Lipinski definition) is 1. The fourth-order valence-corrected chi connectivity index (χ4v) is 4.41. The van der Waals surface area contributed by atoms with Gasteiger partial charge in [-0.05, 0) is 31.2 Å². The predicted octanol–water partition coefficient (Wildman–Crippen LogP) is 3.92. The van der Waals surface area contributed by atoms with Gasteiger partial charge in [0.2, 0.25) is 0 Å². The maximum Gasteiger partial charge on any atom is 0.176 e. The number of ether oxygens (including phenoxy) is 2. The van der Waals surface area contributed by atoms with Crippen molar-refractivity contribution in [1.82, 2.24) is 14.6 Å². The number of aliphatic hydroxyl groups excluding tert-OH is 1. The molecule has 1 aliphatic heterocycles. The van der Waals surface area contributed by atoms with E-state index in [-0.39, 0.29) is 0 Å². The highest BCUT2D eigenvalue weighted by atomic mass is 35.5. The Morgan fingerprint density at radius 2 is 1.83 bits per heavy atom. The van der Waals surface area contributed by atoms with Crippen LogP contribution < -0.4 is 14.4 Å². The lowest BCUT2D eigenvalue weighted by atomic mass is 9.95. The summed E-state index contributed by atoms with van der Waals surface area (Å²) in [6.45, 7) is 2.75. The molecule has 3 heterocycles. The van der Waals surface area contributed by atoms with Crippen LogP contribution in [0, 0.1) is 6.92 Å². The summed E-state index contributed by atoms with van der Waals surface area (Å²) in [6.07, 6.45) is -0.752. The van der Waals surface area contributed by atoms with E-state index in [0.717, 1.165) is 33.5 Å². The molecule has 2 aromatic heterocycles. The van der Waals surface area contributed by atoms with E-state index in [4.69, 9.17) is 26.1 Å². The van der Waals surface area contributed by atoms with Crippen LogP contribution in [0.2, 0.25) is 5.02 Å². The molecule has 0 saturated carbocycles. The highest BCUT2D eigenvalue weighted by Crippen LogP contribution is 2.41. The van der Waals surface area contributed by atoms with Gasteiger partial charge in [0, 0.05) is 23.1 Å². The molecule has 1 N–H and O–H groups in total. The van der Waals surface area contributed by atoms with Gasteiger partial charge in [0.05, 0.1) is 32.0 Å². The zero-order valence-electron chi connectivity index (χ0n) is 16.9. The fraction of sp³-hybridized carbons (Fsp3) is 0.273. The Bertz CT molecular complexity index is 1290. The number of aromatic nitrogens is 3. The topological polar surface area (TPSA) is 72.1 Å². The van der Waals surface area contributed by atoms with Crippen LogP contribution in [-0.2, 0) is 6.54 Å². The van der Waals surface area contributed by atoms with Gasteiger partial charge in [-0.3, -0.25) is 0 Å². The van der Waals surface area contributed by atoms with Crippen molar-refractivity contribution in [2.45, 2.75) is 19.6 Å².